The Balaban J connectivity index is 2.13. The number of alkyl halides is 3. The third-order valence-electron chi connectivity index (χ3n) is 2.86. The summed E-state index contributed by atoms with van der Waals surface area (Å²) in [4.78, 5) is 22.0. The average Bonchev–Trinajstić information content (AvgIpc) is 2.97. The molecule has 1 heterocycles. The molecule has 0 saturated carbocycles. The second-order valence-corrected chi connectivity index (χ2v) is 7.99. The predicted molar refractivity (Wildman–Crippen MR) is 86.2 cm³/mol. The monoisotopic (exact) mass is 411 g/mol. The van der Waals surface area contributed by atoms with Crippen molar-refractivity contribution in [2.45, 2.75) is 11.9 Å². The highest BCUT2D eigenvalue weighted by molar-refractivity contribution is 7.89. The highest BCUT2D eigenvalue weighted by Gasteiger charge is 2.40. The first-order valence-electron chi connectivity index (χ1n) is 6.49. The zero-order valence-corrected chi connectivity index (χ0v) is 14.5. The Morgan fingerprint density at radius 1 is 1.08 bits per heavy atom. The summed E-state index contributed by atoms with van der Waals surface area (Å²) in [6.07, 6.45) is -5.07. The summed E-state index contributed by atoms with van der Waals surface area (Å²) < 4.78 is 62.8. The van der Waals surface area contributed by atoms with Gasteiger partial charge in [0.2, 0.25) is 10.0 Å². The molecule has 1 aromatic heterocycles. The molecule has 0 unspecified atom stereocenters. The molecule has 1 N–H and O–H groups in total. The number of rotatable bonds is 5. The maximum absolute atomic E-state index is 12.3. The molecule has 25 heavy (non-hydrogen) atoms. The predicted octanol–water partition coefficient (Wildman–Crippen LogP) is 3.41. The van der Waals surface area contributed by atoms with Crippen LogP contribution in [0.1, 0.15) is 24.9 Å². The van der Waals surface area contributed by atoms with E-state index in [-0.39, 0.29) is 26.8 Å². The van der Waals surface area contributed by atoms with Crippen LogP contribution in [0.4, 0.5) is 13.2 Å². The smallest absolute Gasteiger partial charge is 0.283 e. The van der Waals surface area contributed by atoms with Crippen LogP contribution in [0.25, 0.3) is 0 Å². The van der Waals surface area contributed by atoms with Gasteiger partial charge in [0.1, 0.15) is 0 Å². The van der Waals surface area contributed by atoms with Crippen molar-refractivity contribution in [1.29, 1.82) is 0 Å². The minimum absolute atomic E-state index is 0.189. The van der Waals surface area contributed by atoms with Crippen LogP contribution in [-0.2, 0) is 15.8 Å². The van der Waals surface area contributed by atoms with E-state index in [0.29, 0.717) is 0 Å². The van der Waals surface area contributed by atoms with Crippen molar-refractivity contribution in [3.63, 3.8) is 0 Å². The molecule has 0 saturated heterocycles. The minimum atomic E-state index is -5.07. The standard InChI is InChI=1S/C14H9ClF3NO4S2/c15-9-4-2-1-3-8(9)7-25(22,23)19-13(21)11-6-5-10(24-11)12(20)14(16,17)18/h1-6H,7H2,(H,19,21). The van der Waals surface area contributed by atoms with Crippen molar-refractivity contribution in [3.8, 4) is 0 Å². The topological polar surface area (TPSA) is 80.3 Å². The number of hydrogen-bond donors (Lipinski definition) is 1. The fourth-order valence-corrected chi connectivity index (χ4v) is 4.10. The molecule has 2 aromatic rings. The lowest BCUT2D eigenvalue weighted by atomic mass is 10.2. The van der Waals surface area contributed by atoms with Gasteiger partial charge in [0.05, 0.1) is 15.5 Å². The van der Waals surface area contributed by atoms with Gasteiger partial charge in [-0.2, -0.15) is 13.2 Å². The second-order valence-electron chi connectivity index (χ2n) is 4.77. The molecule has 11 heteroatoms. The van der Waals surface area contributed by atoms with Crippen molar-refractivity contribution >= 4 is 44.7 Å². The molecule has 1 aromatic carbocycles. The van der Waals surface area contributed by atoms with E-state index in [0.717, 1.165) is 12.1 Å². The molecule has 0 atom stereocenters. The average molecular weight is 412 g/mol. The SMILES string of the molecule is O=C(NS(=O)(=O)Cc1ccccc1Cl)c1ccc(C(=O)C(F)(F)F)s1. The maximum Gasteiger partial charge on any atom is 0.455 e. The number of amides is 1. The van der Waals surface area contributed by atoms with Crippen molar-refractivity contribution in [2.24, 2.45) is 0 Å². The van der Waals surface area contributed by atoms with Crippen molar-refractivity contribution in [2.75, 3.05) is 0 Å². The van der Waals surface area contributed by atoms with Gasteiger partial charge in [-0.05, 0) is 23.8 Å². The van der Waals surface area contributed by atoms with Gasteiger partial charge in [0.15, 0.2) is 0 Å². The van der Waals surface area contributed by atoms with E-state index in [2.05, 4.69) is 0 Å². The Kier molecular flexibility index (Phi) is 5.55. The normalized spacial score (nSPS) is 12.0. The van der Waals surface area contributed by atoms with Crippen molar-refractivity contribution in [3.05, 3.63) is 56.7 Å². The number of halogens is 4. The summed E-state index contributed by atoms with van der Waals surface area (Å²) in [6.45, 7) is 0. The summed E-state index contributed by atoms with van der Waals surface area (Å²) in [5.74, 6) is -3.81. The van der Waals surface area contributed by atoms with E-state index >= 15 is 0 Å². The molecule has 0 aliphatic rings. The van der Waals surface area contributed by atoms with Gasteiger partial charge in [-0.1, -0.05) is 29.8 Å². The fourth-order valence-electron chi connectivity index (χ4n) is 1.77. The first kappa shape index (κ1) is 19.4. The van der Waals surface area contributed by atoms with Crippen molar-refractivity contribution < 1.29 is 31.2 Å². The second kappa shape index (κ2) is 7.14. The van der Waals surface area contributed by atoms with Crippen LogP contribution in [0.15, 0.2) is 36.4 Å². The lowest BCUT2D eigenvalue weighted by molar-refractivity contribution is -0.0882. The number of thiophene rings is 1. The molecule has 0 spiro atoms. The number of sulfonamides is 1. The van der Waals surface area contributed by atoms with E-state index in [4.69, 9.17) is 11.6 Å². The molecule has 0 radical (unpaired) electrons. The van der Waals surface area contributed by atoms with E-state index in [1.807, 2.05) is 0 Å². The maximum atomic E-state index is 12.3. The van der Waals surface area contributed by atoms with Crippen LogP contribution in [0, 0.1) is 0 Å². The number of ketones is 1. The molecule has 2 rings (SSSR count). The van der Waals surface area contributed by atoms with Gasteiger partial charge >= 0.3 is 6.18 Å². The zero-order chi connectivity index (χ0) is 18.8. The molecule has 1 amide bonds. The lowest BCUT2D eigenvalue weighted by Gasteiger charge is -2.07. The first-order valence-corrected chi connectivity index (χ1v) is 9.34. The highest BCUT2D eigenvalue weighted by atomic mass is 35.5. The molecular formula is C14H9ClF3NO4S2. The highest BCUT2D eigenvalue weighted by Crippen LogP contribution is 2.26. The van der Waals surface area contributed by atoms with E-state index in [1.165, 1.54) is 12.1 Å². The van der Waals surface area contributed by atoms with Gasteiger partial charge in [-0.3, -0.25) is 9.59 Å². The molecular weight excluding hydrogens is 403 g/mol. The molecule has 5 nitrogen and oxygen atoms in total. The summed E-state index contributed by atoms with van der Waals surface area (Å²) in [7, 11) is -4.13. The molecule has 0 fully saturated rings. The Hall–Kier alpha value is -1.91. The number of Topliss-reactive ketones (excluding diaryl/α,β-unsaturated/α-hetero) is 1. The number of carbonyl (C=O) groups is 2. The van der Waals surface area contributed by atoms with Gasteiger partial charge in [-0.25, -0.2) is 13.1 Å². The van der Waals surface area contributed by atoms with Crippen LogP contribution in [0.2, 0.25) is 5.02 Å². The first-order chi connectivity index (χ1) is 11.5. The van der Waals surface area contributed by atoms with Crippen molar-refractivity contribution in [1.82, 2.24) is 4.72 Å². The van der Waals surface area contributed by atoms with Crippen LogP contribution in [0.5, 0.6) is 0 Å². The van der Waals surface area contributed by atoms with Crippen LogP contribution >= 0.6 is 22.9 Å². The van der Waals surface area contributed by atoms with Crippen LogP contribution < -0.4 is 4.72 Å². The number of hydrogen-bond acceptors (Lipinski definition) is 5. The van der Waals surface area contributed by atoms with E-state index in [9.17, 15) is 31.2 Å². The van der Waals surface area contributed by atoms with Gasteiger partial charge in [0.25, 0.3) is 11.7 Å². The fraction of sp³-hybridized carbons (Fsp3) is 0.143. The molecule has 134 valence electrons. The third-order valence-corrected chi connectivity index (χ3v) is 5.50. The quantitative estimate of drug-likeness (QED) is 0.764. The molecule has 0 aliphatic heterocycles. The number of carbonyl (C=O) groups excluding carboxylic acids is 2. The Labute approximate surface area is 149 Å². The van der Waals surface area contributed by atoms with Crippen LogP contribution in [0.3, 0.4) is 0 Å². The van der Waals surface area contributed by atoms with E-state index in [1.54, 1.807) is 16.9 Å². The summed E-state index contributed by atoms with van der Waals surface area (Å²) in [5.41, 5.74) is 0.253. The zero-order valence-electron chi connectivity index (χ0n) is 12.1. The summed E-state index contributed by atoms with van der Waals surface area (Å²) in [5, 5.41) is 0.189. The Morgan fingerprint density at radius 2 is 1.68 bits per heavy atom. The van der Waals surface area contributed by atoms with Crippen LogP contribution in [-0.4, -0.2) is 26.3 Å². The largest absolute Gasteiger partial charge is 0.455 e. The number of benzene rings is 1. The van der Waals surface area contributed by atoms with Gasteiger partial charge in [0, 0.05) is 5.02 Å². The lowest BCUT2D eigenvalue weighted by Crippen LogP contribution is -2.31. The molecule has 0 aliphatic carbocycles. The Morgan fingerprint density at radius 3 is 2.28 bits per heavy atom. The third kappa shape index (κ3) is 5.03. The van der Waals surface area contributed by atoms with E-state index < -0.39 is 38.5 Å². The Bertz CT molecular complexity index is 922. The minimum Gasteiger partial charge on any atom is -0.283 e. The summed E-state index contributed by atoms with van der Waals surface area (Å²) >= 11 is 6.10. The van der Waals surface area contributed by atoms with Gasteiger partial charge in [-0.15, -0.1) is 11.3 Å². The number of nitrogens with one attached hydrogen (secondary N) is 1. The van der Waals surface area contributed by atoms with Gasteiger partial charge < -0.3 is 0 Å². The molecule has 0 bridgehead atoms. The summed E-state index contributed by atoms with van der Waals surface area (Å²) in [6, 6.07) is 7.86.